The minimum absolute atomic E-state index is 0.483. The SMILES string of the molecule is CCOc1cc(CNc2ccc(N3CCOCC3)c(Cl)c2)cc(Br)c1OCc1ccccc1C. The first kappa shape index (κ1) is 24.7. The van der Waals surface area contributed by atoms with Crippen LogP contribution in [0.25, 0.3) is 0 Å². The summed E-state index contributed by atoms with van der Waals surface area (Å²) < 4.78 is 18.4. The van der Waals surface area contributed by atoms with Crippen LogP contribution in [-0.2, 0) is 17.9 Å². The second-order valence-corrected chi connectivity index (χ2v) is 9.43. The molecule has 7 heteroatoms. The highest BCUT2D eigenvalue weighted by Gasteiger charge is 2.16. The predicted octanol–water partition coefficient (Wildman–Crippen LogP) is 6.84. The number of morpholine rings is 1. The Labute approximate surface area is 215 Å². The van der Waals surface area contributed by atoms with Gasteiger partial charge in [0.05, 0.1) is 35.0 Å². The Balaban J connectivity index is 1.45. The monoisotopic (exact) mass is 544 g/mol. The molecule has 3 aromatic carbocycles. The topological polar surface area (TPSA) is 43.0 Å². The van der Waals surface area contributed by atoms with Crippen LogP contribution in [0.15, 0.2) is 59.1 Å². The third-order valence-electron chi connectivity index (χ3n) is 5.80. The van der Waals surface area contributed by atoms with Gasteiger partial charge in [0.15, 0.2) is 11.5 Å². The van der Waals surface area contributed by atoms with E-state index in [1.165, 1.54) is 5.56 Å². The Kier molecular flexibility index (Phi) is 8.59. The maximum Gasteiger partial charge on any atom is 0.175 e. The fourth-order valence-corrected chi connectivity index (χ4v) is 4.83. The summed E-state index contributed by atoms with van der Waals surface area (Å²) in [7, 11) is 0. The van der Waals surface area contributed by atoms with Crippen molar-refractivity contribution in [1.29, 1.82) is 0 Å². The number of ether oxygens (including phenoxy) is 3. The third-order valence-corrected chi connectivity index (χ3v) is 6.69. The van der Waals surface area contributed by atoms with Gasteiger partial charge >= 0.3 is 0 Å². The fraction of sp³-hybridized carbons (Fsp3) is 0.333. The quantitative estimate of drug-likeness (QED) is 0.319. The van der Waals surface area contributed by atoms with Crippen LogP contribution >= 0.6 is 27.5 Å². The number of nitrogens with one attached hydrogen (secondary N) is 1. The summed E-state index contributed by atoms with van der Waals surface area (Å²) in [6.45, 7) is 8.92. The van der Waals surface area contributed by atoms with E-state index in [2.05, 4.69) is 63.4 Å². The average molecular weight is 546 g/mol. The van der Waals surface area contributed by atoms with Crippen molar-refractivity contribution >= 4 is 38.9 Å². The highest BCUT2D eigenvalue weighted by atomic mass is 79.9. The van der Waals surface area contributed by atoms with Crippen molar-refractivity contribution in [3.8, 4) is 11.5 Å². The van der Waals surface area contributed by atoms with Gasteiger partial charge in [-0.2, -0.15) is 0 Å². The van der Waals surface area contributed by atoms with E-state index in [0.29, 0.717) is 25.5 Å². The van der Waals surface area contributed by atoms with Crippen LogP contribution in [0.1, 0.15) is 23.6 Å². The van der Waals surface area contributed by atoms with Crippen molar-refractivity contribution in [2.75, 3.05) is 43.1 Å². The van der Waals surface area contributed by atoms with Gasteiger partial charge in [0, 0.05) is 25.3 Å². The van der Waals surface area contributed by atoms with Crippen LogP contribution < -0.4 is 19.7 Å². The van der Waals surface area contributed by atoms with Gasteiger partial charge in [-0.15, -0.1) is 0 Å². The van der Waals surface area contributed by atoms with Crippen molar-refractivity contribution in [2.45, 2.75) is 27.0 Å². The van der Waals surface area contributed by atoms with E-state index in [4.69, 9.17) is 25.8 Å². The largest absolute Gasteiger partial charge is 0.490 e. The summed E-state index contributed by atoms with van der Waals surface area (Å²) in [6.07, 6.45) is 0. The predicted molar refractivity (Wildman–Crippen MR) is 143 cm³/mol. The van der Waals surface area contributed by atoms with Crippen LogP contribution in [0.4, 0.5) is 11.4 Å². The van der Waals surface area contributed by atoms with E-state index in [1.807, 2.05) is 31.2 Å². The Morgan fingerprint density at radius 3 is 2.59 bits per heavy atom. The molecule has 0 aliphatic carbocycles. The zero-order chi connectivity index (χ0) is 23.9. The summed E-state index contributed by atoms with van der Waals surface area (Å²) in [5.41, 5.74) is 5.45. The van der Waals surface area contributed by atoms with E-state index in [0.717, 1.165) is 64.0 Å². The van der Waals surface area contributed by atoms with Gasteiger partial charge in [-0.05, 0) is 76.8 Å². The van der Waals surface area contributed by atoms with Crippen LogP contribution in [0.3, 0.4) is 0 Å². The Morgan fingerprint density at radius 2 is 1.85 bits per heavy atom. The first-order valence-corrected chi connectivity index (χ1v) is 12.7. The fourth-order valence-electron chi connectivity index (χ4n) is 3.93. The molecule has 0 spiro atoms. The van der Waals surface area contributed by atoms with Gasteiger partial charge in [0.25, 0.3) is 0 Å². The first-order valence-electron chi connectivity index (χ1n) is 11.5. The molecule has 34 heavy (non-hydrogen) atoms. The lowest BCUT2D eigenvalue weighted by atomic mass is 10.1. The molecule has 180 valence electrons. The standard InChI is InChI=1S/C27H30BrClN2O3/c1-3-33-26-15-20(14-23(28)27(26)34-18-21-7-5-4-6-19(21)2)17-30-22-8-9-25(24(29)16-22)31-10-12-32-13-11-31/h4-9,14-16,30H,3,10-13,17-18H2,1-2H3. The number of hydrogen-bond donors (Lipinski definition) is 1. The first-order chi connectivity index (χ1) is 16.5. The smallest absolute Gasteiger partial charge is 0.175 e. The van der Waals surface area contributed by atoms with Gasteiger partial charge < -0.3 is 24.4 Å². The van der Waals surface area contributed by atoms with Gasteiger partial charge in [0.1, 0.15) is 6.61 Å². The molecule has 0 atom stereocenters. The van der Waals surface area contributed by atoms with Crippen molar-refractivity contribution in [3.63, 3.8) is 0 Å². The number of anilines is 2. The normalized spacial score (nSPS) is 13.6. The highest BCUT2D eigenvalue weighted by Crippen LogP contribution is 2.38. The Hall–Kier alpha value is -2.41. The van der Waals surface area contributed by atoms with Gasteiger partial charge in [-0.1, -0.05) is 35.9 Å². The molecule has 0 unspecified atom stereocenters. The minimum atomic E-state index is 0.483. The molecule has 0 amide bonds. The molecule has 4 rings (SSSR count). The second kappa shape index (κ2) is 11.8. The second-order valence-electron chi connectivity index (χ2n) is 8.17. The Morgan fingerprint density at radius 1 is 1.06 bits per heavy atom. The molecule has 1 fully saturated rings. The lowest BCUT2D eigenvalue weighted by Gasteiger charge is -2.29. The number of rotatable bonds is 9. The molecule has 0 bridgehead atoms. The van der Waals surface area contributed by atoms with Crippen molar-refractivity contribution in [3.05, 3.63) is 80.8 Å². The van der Waals surface area contributed by atoms with Gasteiger partial charge in [-0.25, -0.2) is 0 Å². The summed E-state index contributed by atoms with van der Waals surface area (Å²) in [4.78, 5) is 2.26. The van der Waals surface area contributed by atoms with E-state index in [9.17, 15) is 0 Å². The van der Waals surface area contributed by atoms with Crippen LogP contribution in [0.2, 0.25) is 5.02 Å². The summed E-state index contributed by atoms with van der Waals surface area (Å²) >= 11 is 10.3. The Bertz CT molecular complexity index is 1120. The summed E-state index contributed by atoms with van der Waals surface area (Å²) in [6, 6.07) is 18.4. The third kappa shape index (κ3) is 6.17. The van der Waals surface area contributed by atoms with E-state index in [-0.39, 0.29) is 0 Å². The highest BCUT2D eigenvalue weighted by molar-refractivity contribution is 9.10. The van der Waals surface area contributed by atoms with E-state index in [1.54, 1.807) is 0 Å². The molecule has 1 N–H and O–H groups in total. The van der Waals surface area contributed by atoms with Crippen molar-refractivity contribution < 1.29 is 14.2 Å². The zero-order valence-corrected chi connectivity index (χ0v) is 21.9. The summed E-state index contributed by atoms with van der Waals surface area (Å²) in [5, 5.41) is 4.21. The minimum Gasteiger partial charge on any atom is -0.490 e. The van der Waals surface area contributed by atoms with Crippen LogP contribution in [0, 0.1) is 6.92 Å². The van der Waals surface area contributed by atoms with Crippen molar-refractivity contribution in [1.82, 2.24) is 0 Å². The van der Waals surface area contributed by atoms with Crippen molar-refractivity contribution in [2.24, 2.45) is 0 Å². The van der Waals surface area contributed by atoms with E-state index >= 15 is 0 Å². The average Bonchev–Trinajstić information content (AvgIpc) is 2.84. The molecule has 0 saturated carbocycles. The molecule has 1 aliphatic heterocycles. The molecular weight excluding hydrogens is 516 g/mol. The molecule has 0 radical (unpaired) electrons. The lowest BCUT2D eigenvalue weighted by molar-refractivity contribution is 0.122. The van der Waals surface area contributed by atoms with E-state index < -0.39 is 0 Å². The van der Waals surface area contributed by atoms with Crippen LogP contribution in [-0.4, -0.2) is 32.9 Å². The molecule has 5 nitrogen and oxygen atoms in total. The van der Waals surface area contributed by atoms with Crippen LogP contribution in [0.5, 0.6) is 11.5 Å². The maximum absolute atomic E-state index is 6.59. The summed E-state index contributed by atoms with van der Waals surface area (Å²) in [5.74, 6) is 1.44. The molecular formula is C27H30BrClN2O3. The van der Waals surface area contributed by atoms with Gasteiger partial charge in [0.2, 0.25) is 0 Å². The number of halogens is 2. The number of nitrogens with zero attached hydrogens (tertiary/aromatic N) is 1. The molecule has 0 aromatic heterocycles. The number of hydrogen-bond acceptors (Lipinski definition) is 5. The molecule has 1 aliphatic rings. The number of aryl methyl sites for hydroxylation is 1. The molecule has 1 heterocycles. The zero-order valence-electron chi connectivity index (χ0n) is 19.6. The molecule has 1 saturated heterocycles. The maximum atomic E-state index is 6.59. The molecule has 3 aromatic rings. The van der Waals surface area contributed by atoms with Gasteiger partial charge in [-0.3, -0.25) is 0 Å². The lowest BCUT2D eigenvalue weighted by Crippen LogP contribution is -2.36. The number of benzene rings is 3.